The highest BCUT2D eigenvalue weighted by Crippen LogP contribution is 2.22. The lowest BCUT2D eigenvalue weighted by Gasteiger charge is -2.08. The van der Waals surface area contributed by atoms with Gasteiger partial charge in [0.2, 0.25) is 0 Å². The summed E-state index contributed by atoms with van der Waals surface area (Å²) >= 11 is 1.16. The maximum Gasteiger partial charge on any atom is 0.350 e. The van der Waals surface area contributed by atoms with Gasteiger partial charge in [0.05, 0.1) is 12.8 Å². The number of aliphatic carboxylic acids is 1. The van der Waals surface area contributed by atoms with Crippen LogP contribution in [0, 0.1) is 0 Å². The Morgan fingerprint density at radius 2 is 2.11 bits per heavy atom. The Labute approximate surface area is 112 Å². The van der Waals surface area contributed by atoms with E-state index in [1.54, 1.807) is 11.4 Å². The van der Waals surface area contributed by atoms with E-state index < -0.39 is 17.8 Å². The van der Waals surface area contributed by atoms with Gasteiger partial charge in [0.15, 0.2) is 0 Å². The first-order valence-electron chi connectivity index (χ1n) is 5.09. The second-order valence-corrected chi connectivity index (χ2v) is 4.32. The third kappa shape index (κ3) is 4.11. The molecule has 0 saturated heterocycles. The number of hydrazine groups is 1. The number of carbonyl (C=O) groups is 3. The number of methoxy groups -OCH3 is 1. The fourth-order valence-corrected chi connectivity index (χ4v) is 1.90. The van der Waals surface area contributed by atoms with Gasteiger partial charge in [0.25, 0.3) is 5.91 Å². The summed E-state index contributed by atoms with van der Waals surface area (Å²) < 4.78 is 4.57. The maximum atomic E-state index is 11.5. The number of thiophene rings is 1. The number of carbonyl (C=O) groups excluding carboxylic acids is 2. The number of rotatable bonds is 5. The van der Waals surface area contributed by atoms with Crippen LogP contribution in [0.2, 0.25) is 0 Å². The minimum atomic E-state index is -1.21. The van der Waals surface area contributed by atoms with E-state index in [4.69, 9.17) is 5.11 Å². The van der Waals surface area contributed by atoms with Crippen LogP contribution in [0.4, 0.5) is 5.69 Å². The highest BCUT2D eigenvalue weighted by Gasteiger charge is 2.14. The fraction of sp³-hybridized carbons (Fsp3) is 0.182. The lowest BCUT2D eigenvalue weighted by molar-refractivity contribution is -0.131. The van der Waals surface area contributed by atoms with Crippen LogP contribution in [0.5, 0.6) is 0 Å². The number of hydrogen-bond acceptors (Lipinski definition) is 6. The first-order valence-corrected chi connectivity index (χ1v) is 5.97. The van der Waals surface area contributed by atoms with Crippen molar-refractivity contribution in [2.45, 2.75) is 6.92 Å². The molecule has 0 unspecified atom stereocenters. The van der Waals surface area contributed by atoms with E-state index >= 15 is 0 Å². The fourth-order valence-electron chi connectivity index (χ4n) is 1.13. The van der Waals surface area contributed by atoms with E-state index in [0.29, 0.717) is 10.6 Å². The monoisotopic (exact) mass is 284 g/mol. The predicted molar refractivity (Wildman–Crippen MR) is 68.8 cm³/mol. The van der Waals surface area contributed by atoms with Crippen LogP contribution in [-0.2, 0) is 14.3 Å². The third-order valence-electron chi connectivity index (χ3n) is 2.04. The molecule has 1 heterocycles. The molecule has 7 nitrogen and oxygen atoms in total. The Balaban J connectivity index is 2.68. The van der Waals surface area contributed by atoms with Crippen molar-refractivity contribution in [1.29, 1.82) is 0 Å². The molecule has 1 aromatic rings. The number of nitrogens with one attached hydrogen (secondary N) is 2. The molecule has 1 rings (SSSR count). The van der Waals surface area contributed by atoms with Crippen molar-refractivity contribution < 1.29 is 24.2 Å². The van der Waals surface area contributed by atoms with E-state index in [2.05, 4.69) is 15.6 Å². The average Bonchev–Trinajstić information content (AvgIpc) is 2.82. The largest absolute Gasteiger partial charge is 0.478 e. The Bertz CT molecular complexity index is 535. The van der Waals surface area contributed by atoms with Gasteiger partial charge >= 0.3 is 11.9 Å². The van der Waals surface area contributed by atoms with E-state index in [0.717, 1.165) is 17.4 Å². The normalized spacial score (nSPS) is 10.7. The summed E-state index contributed by atoms with van der Waals surface area (Å²) in [5, 5.41) is 10.2. The van der Waals surface area contributed by atoms with Crippen molar-refractivity contribution in [3.05, 3.63) is 28.0 Å². The standard InChI is InChI=1S/C11H12N2O5S/c1-6(5-8(14)15)10(16)13-12-7-3-4-19-9(7)11(17)18-2/h3-5,12H,1-2H3,(H,13,16)(H,14,15)/b6-5+. The highest BCUT2D eigenvalue weighted by molar-refractivity contribution is 7.12. The molecule has 8 heteroatoms. The van der Waals surface area contributed by atoms with Gasteiger partial charge < -0.3 is 9.84 Å². The summed E-state index contributed by atoms with van der Waals surface area (Å²) in [6, 6.07) is 1.59. The zero-order chi connectivity index (χ0) is 14.4. The highest BCUT2D eigenvalue weighted by atomic mass is 32.1. The summed E-state index contributed by atoms with van der Waals surface area (Å²) in [6.07, 6.45) is 0.784. The number of anilines is 1. The van der Waals surface area contributed by atoms with Gasteiger partial charge in [-0.1, -0.05) is 0 Å². The van der Waals surface area contributed by atoms with Gasteiger partial charge in [-0.3, -0.25) is 15.6 Å². The smallest absolute Gasteiger partial charge is 0.350 e. The molecule has 0 bridgehead atoms. The molecule has 0 aliphatic carbocycles. The second kappa shape index (κ2) is 6.55. The minimum Gasteiger partial charge on any atom is -0.478 e. The number of carboxylic acid groups (broad SMARTS) is 1. The van der Waals surface area contributed by atoms with E-state index in [-0.39, 0.29) is 5.57 Å². The molecule has 0 spiro atoms. The van der Waals surface area contributed by atoms with Crippen LogP contribution in [-0.4, -0.2) is 30.1 Å². The number of carboxylic acids is 1. The second-order valence-electron chi connectivity index (χ2n) is 3.40. The van der Waals surface area contributed by atoms with Gasteiger partial charge in [-0.25, -0.2) is 9.59 Å². The molecule has 102 valence electrons. The molecule has 0 saturated carbocycles. The van der Waals surface area contributed by atoms with Crippen LogP contribution in [0.25, 0.3) is 0 Å². The van der Waals surface area contributed by atoms with Gasteiger partial charge in [-0.2, -0.15) is 0 Å². The molecular weight excluding hydrogens is 272 g/mol. The first-order chi connectivity index (χ1) is 8.95. The molecule has 0 aliphatic rings. The van der Waals surface area contributed by atoms with Gasteiger partial charge in [0.1, 0.15) is 4.88 Å². The zero-order valence-electron chi connectivity index (χ0n) is 10.2. The number of hydrogen-bond donors (Lipinski definition) is 3. The number of ether oxygens (including phenoxy) is 1. The lowest BCUT2D eigenvalue weighted by Crippen LogP contribution is -2.30. The van der Waals surface area contributed by atoms with E-state index in [9.17, 15) is 14.4 Å². The van der Waals surface area contributed by atoms with E-state index in [1.165, 1.54) is 14.0 Å². The zero-order valence-corrected chi connectivity index (χ0v) is 11.0. The molecule has 0 aliphatic heterocycles. The summed E-state index contributed by atoms with van der Waals surface area (Å²) in [7, 11) is 1.25. The number of esters is 1. The molecule has 0 aromatic carbocycles. The molecule has 1 aromatic heterocycles. The van der Waals surface area contributed by atoms with Gasteiger partial charge in [-0.15, -0.1) is 11.3 Å². The van der Waals surface area contributed by atoms with E-state index in [1.807, 2.05) is 0 Å². The Kier molecular flexibility index (Phi) is 5.07. The van der Waals surface area contributed by atoms with Crippen LogP contribution < -0.4 is 10.9 Å². The molecular formula is C11H12N2O5S. The third-order valence-corrected chi connectivity index (χ3v) is 2.94. The van der Waals surface area contributed by atoms with Crippen LogP contribution in [0.3, 0.4) is 0 Å². The van der Waals surface area contributed by atoms with Crippen molar-refractivity contribution in [1.82, 2.24) is 5.43 Å². The van der Waals surface area contributed by atoms with Crippen LogP contribution >= 0.6 is 11.3 Å². The molecule has 0 atom stereocenters. The van der Waals surface area contributed by atoms with Gasteiger partial charge in [-0.05, 0) is 18.4 Å². The van der Waals surface area contributed by atoms with Crippen LogP contribution in [0.15, 0.2) is 23.1 Å². The molecule has 19 heavy (non-hydrogen) atoms. The summed E-state index contributed by atoms with van der Waals surface area (Å²) in [5.41, 5.74) is 5.23. The van der Waals surface area contributed by atoms with Crippen molar-refractivity contribution >= 4 is 34.9 Å². The van der Waals surface area contributed by atoms with Crippen molar-refractivity contribution in [2.75, 3.05) is 12.5 Å². The van der Waals surface area contributed by atoms with Crippen molar-refractivity contribution in [3.8, 4) is 0 Å². The molecule has 1 amide bonds. The topological polar surface area (TPSA) is 105 Å². The SMILES string of the molecule is COC(=O)c1sccc1NNC(=O)/C(C)=C/C(=O)O. The van der Waals surface area contributed by atoms with Crippen LogP contribution in [0.1, 0.15) is 16.6 Å². The Morgan fingerprint density at radius 1 is 1.42 bits per heavy atom. The first kappa shape index (κ1) is 14.7. The summed E-state index contributed by atoms with van der Waals surface area (Å²) in [4.78, 5) is 33.6. The van der Waals surface area contributed by atoms with Crippen molar-refractivity contribution in [2.24, 2.45) is 0 Å². The average molecular weight is 284 g/mol. The van der Waals surface area contributed by atoms with Crippen molar-refractivity contribution in [3.63, 3.8) is 0 Å². The summed E-state index contributed by atoms with van der Waals surface area (Å²) in [6.45, 7) is 1.36. The molecule has 0 radical (unpaired) electrons. The Hall–Kier alpha value is -2.35. The maximum absolute atomic E-state index is 11.5. The predicted octanol–water partition coefficient (Wildman–Crippen LogP) is 1.01. The minimum absolute atomic E-state index is 0.0230. The molecule has 0 fully saturated rings. The van der Waals surface area contributed by atoms with Gasteiger partial charge in [0, 0.05) is 11.6 Å². The number of amides is 1. The lowest BCUT2D eigenvalue weighted by atomic mass is 10.3. The molecule has 3 N–H and O–H groups in total. The quantitative estimate of drug-likeness (QED) is 0.423. The summed E-state index contributed by atoms with van der Waals surface area (Å²) in [5.74, 6) is -2.34. The Morgan fingerprint density at radius 3 is 2.68 bits per heavy atom.